The van der Waals surface area contributed by atoms with Gasteiger partial charge in [0.1, 0.15) is 5.69 Å². The third-order valence-corrected chi connectivity index (χ3v) is 5.12. The van der Waals surface area contributed by atoms with Crippen molar-refractivity contribution in [2.45, 2.75) is 19.3 Å². The monoisotopic (exact) mass is 397 g/mol. The number of hydrogen-bond donors (Lipinski definition) is 2. The number of pyridine rings is 1. The van der Waals surface area contributed by atoms with Crippen LogP contribution < -0.4 is 15.5 Å². The van der Waals surface area contributed by atoms with Crippen molar-refractivity contribution in [1.82, 2.24) is 4.98 Å². The van der Waals surface area contributed by atoms with Crippen LogP contribution in [0, 0.1) is 11.3 Å². The van der Waals surface area contributed by atoms with E-state index in [-0.39, 0.29) is 5.91 Å². The second-order valence-electron chi connectivity index (χ2n) is 7.30. The van der Waals surface area contributed by atoms with Gasteiger partial charge < -0.3 is 15.5 Å². The second kappa shape index (κ2) is 9.10. The highest BCUT2D eigenvalue weighted by atomic mass is 16.1. The highest BCUT2D eigenvalue weighted by molar-refractivity contribution is 6.03. The van der Waals surface area contributed by atoms with Crippen LogP contribution in [0.3, 0.4) is 0 Å². The number of rotatable bonds is 5. The van der Waals surface area contributed by atoms with E-state index in [1.165, 1.54) is 24.9 Å². The Balaban J connectivity index is 1.37. The topological polar surface area (TPSA) is 81.0 Å². The molecule has 0 unspecified atom stereocenters. The molecule has 0 saturated carbocycles. The Hall–Kier alpha value is -3.85. The first kappa shape index (κ1) is 19.5. The Kier molecular flexibility index (Phi) is 5.90. The normalized spacial score (nSPS) is 13.4. The van der Waals surface area contributed by atoms with Crippen LogP contribution in [0.5, 0.6) is 0 Å². The summed E-state index contributed by atoms with van der Waals surface area (Å²) in [6.45, 7) is 2.19. The highest BCUT2D eigenvalue weighted by Gasteiger charge is 2.12. The van der Waals surface area contributed by atoms with Crippen molar-refractivity contribution >= 4 is 28.7 Å². The molecule has 3 aromatic rings. The maximum Gasteiger partial charge on any atom is 0.274 e. The van der Waals surface area contributed by atoms with Gasteiger partial charge in [-0.1, -0.05) is 6.07 Å². The Morgan fingerprint density at radius 2 is 1.70 bits per heavy atom. The van der Waals surface area contributed by atoms with E-state index in [9.17, 15) is 4.79 Å². The van der Waals surface area contributed by atoms with Gasteiger partial charge in [0.2, 0.25) is 0 Å². The summed E-state index contributed by atoms with van der Waals surface area (Å²) in [7, 11) is 0. The molecule has 0 spiro atoms. The number of hydrogen-bond acceptors (Lipinski definition) is 5. The minimum absolute atomic E-state index is 0.251. The number of nitrogens with zero attached hydrogens (tertiary/aromatic N) is 3. The summed E-state index contributed by atoms with van der Waals surface area (Å²) >= 11 is 0. The fraction of sp³-hybridized carbons (Fsp3) is 0.208. The highest BCUT2D eigenvalue weighted by Crippen LogP contribution is 2.22. The van der Waals surface area contributed by atoms with E-state index in [1.54, 1.807) is 30.5 Å². The lowest BCUT2D eigenvalue weighted by molar-refractivity contribution is 0.102. The molecule has 2 N–H and O–H groups in total. The second-order valence-corrected chi connectivity index (χ2v) is 7.30. The molecule has 6 heteroatoms. The summed E-state index contributed by atoms with van der Waals surface area (Å²) in [6.07, 6.45) is 5.38. The third kappa shape index (κ3) is 4.76. The van der Waals surface area contributed by atoms with Crippen molar-refractivity contribution in [2.75, 3.05) is 28.6 Å². The van der Waals surface area contributed by atoms with Gasteiger partial charge in [0.25, 0.3) is 5.91 Å². The van der Waals surface area contributed by atoms with Gasteiger partial charge in [0.05, 0.1) is 23.5 Å². The fourth-order valence-electron chi connectivity index (χ4n) is 3.54. The number of nitriles is 1. The number of amides is 1. The number of aromatic nitrogens is 1. The van der Waals surface area contributed by atoms with Crippen LogP contribution in [0.2, 0.25) is 0 Å². The molecule has 1 amide bonds. The zero-order chi connectivity index (χ0) is 20.8. The van der Waals surface area contributed by atoms with Gasteiger partial charge in [-0.25, -0.2) is 4.98 Å². The molecule has 30 heavy (non-hydrogen) atoms. The standard InChI is InChI=1S/C24H23N5O/c25-16-18-5-4-6-20(15-18)27-21-9-12-23(26-17-21)24(30)28-19-7-10-22(11-8-19)29-13-2-1-3-14-29/h4-12,15,17,27H,1-3,13-14H2,(H,28,30). The molecule has 1 aliphatic rings. The van der Waals surface area contributed by atoms with Crippen LogP contribution in [0.4, 0.5) is 22.7 Å². The smallest absolute Gasteiger partial charge is 0.274 e. The van der Waals surface area contributed by atoms with E-state index in [2.05, 4.69) is 38.7 Å². The molecule has 0 bridgehead atoms. The summed E-state index contributed by atoms with van der Waals surface area (Å²) in [6, 6.07) is 20.7. The van der Waals surface area contributed by atoms with Crippen LogP contribution in [0.15, 0.2) is 66.9 Å². The average Bonchev–Trinajstić information content (AvgIpc) is 2.81. The zero-order valence-corrected chi connectivity index (χ0v) is 16.6. The summed E-state index contributed by atoms with van der Waals surface area (Å²) in [4.78, 5) is 19.2. The van der Waals surface area contributed by atoms with Gasteiger partial charge in [-0.3, -0.25) is 4.79 Å². The van der Waals surface area contributed by atoms with Crippen molar-refractivity contribution in [2.24, 2.45) is 0 Å². The number of anilines is 4. The van der Waals surface area contributed by atoms with Crippen molar-refractivity contribution in [3.8, 4) is 6.07 Å². The molecule has 2 heterocycles. The summed E-state index contributed by atoms with van der Waals surface area (Å²) < 4.78 is 0. The molecule has 6 nitrogen and oxygen atoms in total. The zero-order valence-electron chi connectivity index (χ0n) is 16.6. The Labute approximate surface area is 176 Å². The summed E-state index contributed by atoms with van der Waals surface area (Å²) in [5.41, 5.74) is 4.40. The molecule has 1 saturated heterocycles. The lowest BCUT2D eigenvalue weighted by Crippen LogP contribution is -2.29. The van der Waals surface area contributed by atoms with E-state index in [1.807, 2.05) is 24.3 Å². The number of carbonyl (C=O) groups is 1. The number of carbonyl (C=O) groups excluding carboxylic acids is 1. The van der Waals surface area contributed by atoms with E-state index in [0.717, 1.165) is 30.2 Å². The van der Waals surface area contributed by atoms with Crippen molar-refractivity contribution in [3.05, 3.63) is 78.1 Å². The number of benzene rings is 2. The number of nitrogens with one attached hydrogen (secondary N) is 2. The Bertz CT molecular complexity index is 1050. The van der Waals surface area contributed by atoms with Gasteiger partial charge in [-0.05, 0) is 73.9 Å². The summed E-state index contributed by atoms with van der Waals surface area (Å²) in [5.74, 6) is -0.251. The van der Waals surface area contributed by atoms with Crippen molar-refractivity contribution in [1.29, 1.82) is 5.26 Å². The van der Waals surface area contributed by atoms with Crippen LogP contribution in [-0.4, -0.2) is 24.0 Å². The SMILES string of the molecule is N#Cc1cccc(Nc2ccc(C(=O)Nc3ccc(N4CCCCC4)cc3)nc2)c1. The Morgan fingerprint density at radius 1 is 0.933 bits per heavy atom. The molecule has 2 aromatic carbocycles. The van der Waals surface area contributed by atoms with E-state index in [4.69, 9.17) is 5.26 Å². The molecule has 4 rings (SSSR count). The molecular formula is C24H23N5O. The predicted molar refractivity (Wildman–Crippen MR) is 119 cm³/mol. The fourth-order valence-corrected chi connectivity index (χ4v) is 3.54. The van der Waals surface area contributed by atoms with Gasteiger partial charge in [-0.15, -0.1) is 0 Å². The largest absolute Gasteiger partial charge is 0.372 e. The average molecular weight is 397 g/mol. The quantitative estimate of drug-likeness (QED) is 0.637. The van der Waals surface area contributed by atoms with Crippen molar-refractivity contribution in [3.63, 3.8) is 0 Å². The molecule has 150 valence electrons. The van der Waals surface area contributed by atoms with Crippen LogP contribution in [-0.2, 0) is 0 Å². The van der Waals surface area contributed by atoms with Gasteiger partial charge in [0.15, 0.2) is 0 Å². The van der Waals surface area contributed by atoms with Crippen LogP contribution in [0.25, 0.3) is 0 Å². The lowest BCUT2D eigenvalue weighted by Gasteiger charge is -2.28. The molecule has 1 aromatic heterocycles. The first-order valence-corrected chi connectivity index (χ1v) is 10.1. The van der Waals surface area contributed by atoms with Crippen molar-refractivity contribution < 1.29 is 4.79 Å². The molecule has 1 fully saturated rings. The van der Waals surface area contributed by atoms with E-state index in [0.29, 0.717) is 11.3 Å². The van der Waals surface area contributed by atoms with Crippen LogP contribution >= 0.6 is 0 Å². The van der Waals surface area contributed by atoms with E-state index < -0.39 is 0 Å². The lowest BCUT2D eigenvalue weighted by atomic mass is 10.1. The number of piperidine rings is 1. The van der Waals surface area contributed by atoms with E-state index >= 15 is 0 Å². The predicted octanol–water partition coefficient (Wildman–Crippen LogP) is 4.94. The van der Waals surface area contributed by atoms with Gasteiger partial charge in [0, 0.05) is 30.2 Å². The van der Waals surface area contributed by atoms with Gasteiger partial charge >= 0.3 is 0 Å². The maximum absolute atomic E-state index is 12.5. The Morgan fingerprint density at radius 3 is 2.40 bits per heavy atom. The first-order chi connectivity index (χ1) is 14.7. The minimum atomic E-state index is -0.251. The third-order valence-electron chi connectivity index (χ3n) is 5.12. The molecular weight excluding hydrogens is 374 g/mol. The maximum atomic E-state index is 12.5. The molecule has 0 radical (unpaired) electrons. The van der Waals surface area contributed by atoms with Gasteiger partial charge in [-0.2, -0.15) is 5.26 Å². The molecule has 1 aliphatic heterocycles. The molecule has 0 aliphatic carbocycles. The minimum Gasteiger partial charge on any atom is -0.372 e. The first-order valence-electron chi connectivity index (χ1n) is 10.1. The molecule has 0 atom stereocenters. The van der Waals surface area contributed by atoms with Crippen LogP contribution in [0.1, 0.15) is 35.3 Å². The summed E-state index contributed by atoms with van der Waals surface area (Å²) in [5, 5.41) is 15.1.